The first-order valence-electron chi connectivity index (χ1n) is 9.64. The minimum absolute atomic E-state index is 0.125. The zero-order valence-electron chi connectivity index (χ0n) is 14.7. The molecule has 2 heterocycles. The highest BCUT2D eigenvalue weighted by Gasteiger charge is 2.46. The van der Waals surface area contributed by atoms with Crippen molar-refractivity contribution in [3.05, 3.63) is 0 Å². The molecule has 1 saturated carbocycles. The number of ether oxygens (including phenoxy) is 1. The summed E-state index contributed by atoms with van der Waals surface area (Å²) in [4.78, 5) is 2.44. The Kier molecular flexibility index (Phi) is 5.96. The maximum atomic E-state index is 9.84. The third-order valence-corrected chi connectivity index (χ3v) is 6.63. The van der Waals surface area contributed by atoms with Crippen LogP contribution in [0.4, 0.5) is 0 Å². The second-order valence-corrected chi connectivity index (χ2v) is 8.01. The first-order valence-corrected chi connectivity index (χ1v) is 9.64. The molecule has 2 unspecified atom stereocenters. The van der Waals surface area contributed by atoms with Gasteiger partial charge in [0.05, 0.1) is 11.5 Å². The molecule has 0 amide bonds. The number of likely N-dealkylation sites (tertiary alicyclic amines) is 1. The van der Waals surface area contributed by atoms with Gasteiger partial charge in [0.2, 0.25) is 0 Å². The summed E-state index contributed by atoms with van der Waals surface area (Å²) in [7, 11) is 2.23. The predicted octanol–water partition coefficient (Wildman–Crippen LogP) is 2.80. The van der Waals surface area contributed by atoms with Crippen molar-refractivity contribution in [2.45, 2.75) is 57.4 Å². The zero-order valence-corrected chi connectivity index (χ0v) is 14.7. The highest BCUT2D eigenvalue weighted by atomic mass is 16.5. The number of hydrogen-bond acceptors (Lipinski definition) is 4. The van der Waals surface area contributed by atoms with Crippen LogP contribution in [0.15, 0.2) is 0 Å². The summed E-state index contributed by atoms with van der Waals surface area (Å²) < 4.78 is 5.52. The van der Waals surface area contributed by atoms with Crippen molar-refractivity contribution in [3.8, 4) is 6.07 Å². The van der Waals surface area contributed by atoms with Gasteiger partial charge in [-0.2, -0.15) is 5.26 Å². The van der Waals surface area contributed by atoms with Crippen LogP contribution >= 0.6 is 0 Å². The van der Waals surface area contributed by atoms with E-state index in [-0.39, 0.29) is 5.41 Å². The lowest BCUT2D eigenvalue weighted by Crippen LogP contribution is -2.45. The molecule has 0 aromatic heterocycles. The first kappa shape index (κ1) is 17.2. The summed E-state index contributed by atoms with van der Waals surface area (Å²) in [5.74, 6) is 1.43. The van der Waals surface area contributed by atoms with Crippen LogP contribution < -0.4 is 5.32 Å². The topological polar surface area (TPSA) is 48.3 Å². The predicted molar refractivity (Wildman–Crippen MR) is 92.1 cm³/mol. The van der Waals surface area contributed by atoms with Gasteiger partial charge in [0.15, 0.2) is 0 Å². The van der Waals surface area contributed by atoms with E-state index in [0.29, 0.717) is 12.0 Å². The molecule has 23 heavy (non-hydrogen) atoms. The molecule has 0 aromatic carbocycles. The molecule has 0 radical (unpaired) electrons. The number of nitrogens with one attached hydrogen (secondary N) is 1. The minimum Gasteiger partial charge on any atom is -0.381 e. The number of piperidine rings is 1. The molecular formula is C19H33N3O. The molecule has 3 rings (SSSR count). The van der Waals surface area contributed by atoms with Crippen molar-refractivity contribution >= 4 is 0 Å². The Balaban J connectivity index is 1.48. The second-order valence-electron chi connectivity index (χ2n) is 8.01. The van der Waals surface area contributed by atoms with Crippen molar-refractivity contribution in [1.29, 1.82) is 5.26 Å². The summed E-state index contributed by atoms with van der Waals surface area (Å²) in [6.45, 7) is 5.19. The van der Waals surface area contributed by atoms with E-state index in [2.05, 4.69) is 23.3 Å². The van der Waals surface area contributed by atoms with Crippen molar-refractivity contribution in [3.63, 3.8) is 0 Å². The maximum absolute atomic E-state index is 9.84. The average molecular weight is 319 g/mol. The van der Waals surface area contributed by atoms with Crippen LogP contribution in [0.3, 0.4) is 0 Å². The zero-order chi connectivity index (χ0) is 16.1. The van der Waals surface area contributed by atoms with Gasteiger partial charge >= 0.3 is 0 Å². The molecule has 130 valence electrons. The van der Waals surface area contributed by atoms with Gasteiger partial charge in [-0.3, -0.25) is 0 Å². The molecule has 2 aliphatic heterocycles. The van der Waals surface area contributed by atoms with Crippen LogP contribution in [0.5, 0.6) is 0 Å². The van der Waals surface area contributed by atoms with E-state index < -0.39 is 0 Å². The minimum atomic E-state index is -0.125. The van der Waals surface area contributed by atoms with Gasteiger partial charge in [0, 0.05) is 19.3 Å². The van der Waals surface area contributed by atoms with E-state index in [1.54, 1.807) is 0 Å². The number of hydrogen-bond donors (Lipinski definition) is 1. The third-order valence-electron chi connectivity index (χ3n) is 6.63. The number of nitrogens with zero attached hydrogens (tertiary/aromatic N) is 2. The van der Waals surface area contributed by atoms with E-state index >= 15 is 0 Å². The van der Waals surface area contributed by atoms with Crippen LogP contribution in [-0.2, 0) is 4.74 Å². The third kappa shape index (κ3) is 4.07. The maximum Gasteiger partial charge on any atom is 0.0695 e. The highest BCUT2D eigenvalue weighted by molar-refractivity contribution is 5.08. The van der Waals surface area contributed by atoms with Gasteiger partial charge in [-0.1, -0.05) is 6.42 Å². The van der Waals surface area contributed by atoms with Crippen molar-refractivity contribution in [1.82, 2.24) is 10.2 Å². The summed E-state index contributed by atoms with van der Waals surface area (Å²) in [6.07, 6.45) is 9.63. The van der Waals surface area contributed by atoms with Crippen LogP contribution in [0.2, 0.25) is 0 Å². The quantitative estimate of drug-likeness (QED) is 0.846. The van der Waals surface area contributed by atoms with E-state index in [1.165, 1.54) is 51.6 Å². The molecule has 3 aliphatic rings. The van der Waals surface area contributed by atoms with Crippen LogP contribution in [0.25, 0.3) is 0 Å². The lowest BCUT2D eigenvalue weighted by Gasteiger charge is -2.39. The van der Waals surface area contributed by atoms with Gasteiger partial charge in [0.25, 0.3) is 0 Å². The van der Waals surface area contributed by atoms with E-state index in [9.17, 15) is 5.26 Å². The molecule has 0 aromatic rings. The fourth-order valence-electron chi connectivity index (χ4n) is 4.99. The van der Waals surface area contributed by atoms with Crippen LogP contribution in [0.1, 0.15) is 51.4 Å². The SMILES string of the molecule is CN1CCC(CCNC2CCCC2C2(C#N)CCOCC2)CC1. The van der Waals surface area contributed by atoms with Crippen LogP contribution in [0, 0.1) is 28.6 Å². The fourth-order valence-corrected chi connectivity index (χ4v) is 4.99. The van der Waals surface area contributed by atoms with Gasteiger partial charge in [-0.15, -0.1) is 0 Å². The van der Waals surface area contributed by atoms with Crippen LogP contribution in [-0.4, -0.2) is 50.8 Å². The Morgan fingerprint density at radius 3 is 2.61 bits per heavy atom. The Morgan fingerprint density at radius 1 is 1.17 bits per heavy atom. The summed E-state index contributed by atoms with van der Waals surface area (Å²) in [6, 6.07) is 3.26. The summed E-state index contributed by atoms with van der Waals surface area (Å²) in [5, 5.41) is 13.7. The van der Waals surface area contributed by atoms with E-state index in [1.807, 2.05) is 0 Å². The smallest absolute Gasteiger partial charge is 0.0695 e. The molecule has 2 saturated heterocycles. The van der Waals surface area contributed by atoms with Gasteiger partial charge in [0.1, 0.15) is 0 Å². The largest absolute Gasteiger partial charge is 0.381 e. The van der Waals surface area contributed by atoms with Gasteiger partial charge in [-0.25, -0.2) is 0 Å². The number of rotatable bonds is 5. The van der Waals surface area contributed by atoms with Crippen molar-refractivity contribution in [2.75, 3.05) is 39.9 Å². The molecule has 0 spiro atoms. The Labute approximate surface area is 141 Å². The van der Waals surface area contributed by atoms with E-state index in [0.717, 1.165) is 38.5 Å². The Morgan fingerprint density at radius 2 is 1.91 bits per heavy atom. The first-order chi connectivity index (χ1) is 11.2. The van der Waals surface area contributed by atoms with Crippen molar-refractivity contribution in [2.24, 2.45) is 17.3 Å². The molecule has 2 atom stereocenters. The summed E-state index contributed by atoms with van der Waals surface area (Å²) in [5.41, 5.74) is -0.125. The van der Waals surface area contributed by atoms with E-state index in [4.69, 9.17) is 4.74 Å². The lowest BCUT2D eigenvalue weighted by molar-refractivity contribution is 0.00816. The Bertz CT molecular complexity index is 405. The molecule has 1 aliphatic carbocycles. The molecule has 1 N–H and O–H groups in total. The highest BCUT2D eigenvalue weighted by Crippen LogP contribution is 2.46. The number of nitriles is 1. The lowest BCUT2D eigenvalue weighted by atomic mass is 9.68. The molecule has 4 heteroatoms. The fraction of sp³-hybridized carbons (Fsp3) is 0.947. The second kappa shape index (κ2) is 7.96. The monoisotopic (exact) mass is 319 g/mol. The average Bonchev–Trinajstić information content (AvgIpc) is 3.06. The van der Waals surface area contributed by atoms with Gasteiger partial charge in [-0.05, 0) is 83.5 Å². The standard InChI is InChI=1S/C19H33N3O/c1-22-11-6-16(7-12-22)5-10-21-18-4-2-3-17(18)19(15-20)8-13-23-14-9-19/h16-18,21H,2-14H2,1H3. The molecule has 0 bridgehead atoms. The molecular weight excluding hydrogens is 286 g/mol. The Hall–Kier alpha value is -0.630. The summed E-state index contributed by atoms with van der Waals surface area (Å²) >= 11 is 0. The molecule has 4 nitrogen and oxygen atoms in total. The normalized spacial score (nSPS) is 32.7. The van der Waals surface area contributed by atoms with Gasteiger partial charge < -0.3 is 15.0 Å². The molecule has 3 fully saturated rings. The van der Waals surface area contributed by atoms with Crippen molar-refractivity contribution < 1.29 is 4.74 Å².